The summed E-state index contributed by atoms with van der Waals surface area (Å²) >= 11 is 0. The largest absolute Gasteiger partial charge is 0.497 e. The normalized spacial score (nSPS) is 11.0. The van der Waals surface area contributed by atoms with Crippen molar-refractivity contribution in [2.24, 2.45) is 0 Å². The van der Waals surface area contributed by atoms with Crippen LogP contribution in [-0.4, -0.2) is 26.6 Å². The first-order valence-corrected chi connectivity index (χ1v) is 6.65. The number of rotatable bonds is 3. The van der Waals surface area contributed by atoms with E-state index in [0.29, 0.717) is 23.5 Å². The molecule has 0 amide bonds. The number of aromatic amines is 1. The minimum atomic E-state index is -0.200. The molecule has 2 aromatic heterocycles. The van der Waals surface area contributed by atoms with Gasteiger partial charge in [0.15, 0.2) is 11.2 Å². The van der Waals surface area contributed by atoms with Crippen molar-refractivity contribution in [3.05, 3.63) is 51.8 Å². The van der Waals surface area contributed by atoms with E-state index in [9.17, 15) is 4.79 Å². The van der Waals surface area contributed by atoms with E-state index >= 15 is 0 Å². The van der Waals surface area contributed by atoms with Crippen molar-refractivity contribution in [3.63, 3.8) is 0 Å². The Balaban J connectivity index is 2.07. The van der Waals surface area contributed by atoms with Gasteiger partial charge < -0.3 is 14.3 Å². The van der Waals surface area contributed by atoms with Crippen molar-refractivity contribution in [3.8, 4) is 5.75 Å². The molecule has 0 saturated carbocycles. The van der Waals surface area contributed by atoms with Gasteiger partial charge >= 0.3 is 0 Å². The molecule has 0 atom stereocenters. The van der Waals surface area contributed by atoms with Crippen molar-refractivity contribution in [1.29, 1.82) is 0 Å². The molecule has 108 valence electrons. The van der Waals surface area contributed by atoms with Gasteiger partial charge in [0.25, 0.3) is 5.56 Å². The van der Waals surface area contributed by atoms with Crippen LogP contribution < -0.4 is 10.3 Å². The summed E-state index contributed by atoms with van der Waals surface area (Å²) < 4.78 is 7.10. The molecular weight excluding hydrogens is 268 g/mol. The maximum Gasteiger partial charge on any atom is 0.279 e. The van der Waals surface area contributed by atoms with Gasteiger partial charge in [0, 0.05) is 0 Å². The zero-order valence-corrected chi connectivity index (χ0v) is 12.2. The first kappa shape index (κ1) is 13.4. The molecule has 6 nitrogen and oxygen atoms in total. The monoisotopic (exact) mass is 284 g/mol. The summed E-state index contributed by atoms with van der Waals surface area (Å²) in [5, 5.41) is 0. The highest BCUT2D eigenvalue weighted by atomic mass is 16.5. The average Bonchev–Trinajstić information content (AvgIpc) is 2.77. The van der Waals surface area contributed by atoms with Crippen LogP contribution in [0.3, 0.4) is 0 Å². The second-order valence-corrected chi connectivity index (χ2v) is 4.92. The second-order valence-electron chi connectivity index (χ2n) is 4.92. The molecule has 0 bridgehead atoms. The van der Waals surface area contributed by atoms with E-state index in [1.807, 2.05) is 35.8 Å². The fourth-order valence-electron chi connectivity index (χ4n) is 2.33. The van der Waals surface area contributed by atoms with Gasteiger partial charge in [0.2, 0.25) is 0 Å². The lowest BCUT2D eigenvalue weighted by Crippen LogP contribution is -2.11. The Morgan fingerprint density at radius 3 is 2.57 bits per heavy atom. The number of ether oxygens (including phenoxy) is 1. The quantitative estimate of drug-likeness (QED) is 0.796. The van der Waals surface area contributed by atoms with Gasteiger partial charge in [-0.25, -0.2) is 9.97 Å². The fourth-order valence-corrected chi connectivity index (χ4v) is 2.33. The van der Waals surface area contributed by atoms with E-state index in [1.165, 1.54) is 0 Å². The van der Waals surface area contributed by atoms with Crippen LogP contribution in [0.15, 0.2) is 29.1 Å². The summed E-state index contributed by atoms with van der Waals surface area (Å²) in [6, 6.07) is 7.80. The van der Waals surface area contributed by atoms with Gasteiger partial charge in [-0.3, -0.25) is 4.79 Å². The molecule has 0 aliphatic carbocycles. The van der Waals surface area contributed by atoms with Crippen LogP contribution in [-0.2, 0) is 6.54 Å². The van der Waals surface area contributed by atoms with Crippen LogP contribution in [0.5, 0.6) is 5.75 Å². The first-order chi connectivity index (χ1) is 10.1. The lowest BCUT2D eigenvalue weighted by Gasteiger charge is -2.07. The summed E-state index contributed by atoms with van der Waals surface area (Å²) in [6.07, 6.45) is 0. The van der Waals surface area contributed by atoms with E-state index < -0.39 is 0 Å². The number of aryl methyl sites for hydroxylation is 2. The Kier molecular flexibility index (Phi) is 3.21. The first-order valence-electron chi connectivity index (χ1n) is 6.65. The van der Waals surface area contributed by atoms with Gasteiger partial charge in [-0.15, -0.1) is 0 Å². The molecule has 3 rings (SSSR count). The molecule has 0 spiro atoms. The average molecular weight is 284 g/mol. The van der Waals surface area contributed by atoms with E-state index in [-0.39, 0.29) is 5.56 Å². The van der Waals surface area contributed by atoms with Crippen molar-refractivity contribution >= 4 is 11.2 Å². The molecule has 0 aliphatic heterocycles. The zero-order valence-electron chi connectivity index (χ0n) is 12.2. The maximum absolute atomic E-state index is 11.9. The molecular formula is C15H16N4O2. The van der Waals surface area contributed by atoms with Crippen LogP contribution in [0, 0.1) is 13.8 Å². The van der Waals surface area contributed by atoms with Gasteiger partial charge in [0.05, 0.1) is 13.7 Å². The third-order valence-electron chi connectivity index (χ3n) is 3.41. The third-order valence-corrected chi connectivity index (χ3v) is 3.41. The smallest absolute Gasteiger partial charge is 0.279 e. The Hall–Kier alpha value is -2.63. The zero-order chi connectivity index (χ0) is 15.0. The minimum Gasteiger partial charge on any atom is -0.497 e. The number of H-pyrrole nitrogens is 1. The third kappa shape index (κ3) is 2.40. The number of benzene rings is 1. The van der Waals surface area contributed by atoms with Crippen molar-refractivity contribution in [2.45, 2.75) is 20.4 Å². The number of hydrogen-bond acceptors (Lipinski definition) is 4. The molecule has 0 fully saturated rings. The highest BCUT2D eigenvalue weighted by Gasteiger charge is 2.12. The molecule has 0 aliphatic rings. The summed E-state index contributed by atoms with van der Waals surface area (Å²) in [5.41, 5.74) is 1.89. The van der Waals surface area contributed by atoms with E-state index in [2.05, 4.69) is 15.0 Å². The van der Waals surface area contributed by atoms with Gasteiger partial charge in [-0.2, -0.15) is 0 Å². The molecule has 3 aromatic rings. The van der Waals surface area contributed by atoms with Crippen LogP contribution in [0.4, 0.5) is 0 Å². The minimum absolute atomic E-state index is 0.200. The van der Waals surface area contributed by atoms with E-state index in [0.717, 1.165) is 17.1 Å². The summed E-state index contributed by atoms with van der Waals surface area (Å²) in [4.78, 5) is 23.3. The second kappa shape index (κ2) is 5.05. The molecule has 1 N–H and O–H groups in total. The Morgan fingerprint density at radius 2 is 1.90 bits per heavy atom. The van der Waals surface area contributed by atoms with Crippen LogP contribution >= 0.6 is 0 Å². The Morgan fingerprint density at radius 1 is 1.19 bits per heavy atom. The lowest BCUT2D eigenvalue weighted by atomic mass is 10.2. The highest BCUT2D eigenvalue weighted by molar-refractivity contribution is 5.70. The molecule has 21 heavy (non-hydrogen) atoms. The van der Waals surface area contributed by atoms with Gasteiger partial charge in [-0.1, -0.05) is 12.1 Å². The number of hydrogen-bond donors (Lipinski definition) is 1. The Bertz CT molecular complexity index is 846. The SMILES string of the molecule is COc1ccc(Cn2c(C)nc3c(=O)[nH]c(C)nc32)cc1. The van der Waals surface area contributed by atoms with E-state index in [4.69, 9.17) is 4.74 Å². The molecule has 2 heterocycles. The fraction of sp³-hybridized carbons (Fsp3) is 0.267. The highest BCUT2D eigenvalue weighted by Crippen LogP contribution is 2.16. The summed E-state index contributed by atoms with van der Waals surface area (Å²) in [6.45, 7) is 4.25. The molecule has 6 heteroatoms. The maximum atomic E-state index is 11.9. The number of imidazole rings is 1. The number of nitrogens with one attached hydrogen (secondary N) is 1. The lowest BCUT2D eigenvalue weighted by molar-refractivity contribution is 0.414. The van der Waals surface area contributed by atoms with Crippen molar-refractivity contribution < 1.29 is 4.74 Å². The topological polar surface area (TPSA) is 72.8 Å². The predicted molar refractivity (Wildman–Crippen MR) is 79.7 cm³/mol. The van der Waals surface area contributed by atoms with E-state index in [1.54, 1.807) is 14.0 Å². The number of fused-ring (bicyclic) bond motifs is 1. The molecule has 0 unspecified atom stereocenters. The molecule has 0 radical (unpaired) electrons. The van der Waals surface area contributed by atoms with Gasteiger partial charge in [-0.05, 0) is 31.5 Å². The summed E-state index contributed by atoms with van der Waals surface area (Å²) in [7, 11) is 1.64. The van der Waals surface area contributed by atoms with Crippen LogP contribution in [0.25, 0.3) is 11.2 Å². The van der Waals surface area contributed by atoms with Gasteiger partial charge in [0.1, 0.15) is 17.4 Å². The standard InChI is InChI=1S/C15H16N4O2/c1-9-16-14-13(15(20)17-9)18-10(2)19(14)8-11-4-6-12(21-3)7-5-11/h4-7H,8H2,1-3H3,(H,16,17,20). The predicted octanol–water partition coefficient (Wildman–Crippen LogP) is 1.79. The number of methoxy groups -OCH3 is 1. The van der Waals surface area contributed by atoms with Crippen LogP contribution in [0.1, 0.15) is 17.2 Å². The van der Waals surface area contributed by atoms with Crippen LogP contribution in [0.2, 0.25) is 0 Å². The summed E-state index contributed by atoms with van der Waals surface area (Å²) in [5.74, 6) is 2.17. The van der Waals surface area contributed by atoms with Crippen molar-refractivity contribution in [2.75, 3.05) is 7.11 Å². The molecule has 0 saturated heterocycles. The van der Waals surface area contributed by atoms with Crippen molar-refractivity contribution in [1.82, 2.24) is 19.5 Å². The number of aromatic nitrogens is 4. The molecule has 1 aromatic carbocycles. The number of nitrogens with zero attached hydrogens (tertiary/aromatic N) is 3. The Labute approximate surface area is 121 Å².